The highest BCUT2D eigenvalue weighted by Gasteiger charge is 2.24. The van der Waals surface area contributed by atoms with E-state index in [1.54, 1.807) is 12.1 Å². The number of carbonyl (C=O) groups excluding carboxylic acids is 1. The first-order valence-electron chi connectivity index (χ1n) is 4.83. The molecule has 1 fully saturated rings. The van der Waals surface area contributed by atoms with Gasteiger partial charge in [-0.15, -0.1) is 0 Å². The lowest BCUT2D eigenvalue weighted by Gasteiger charge is -2.09. The van der Waals surface area contributed by atoms with E-state index in [2.05, 4.69) is 28.2 Å². The van der Waals surface area contributed by atoms with Gasteiger partial charge in [-0.3, -0.25) is 4.79 Å². The molecule has 1 amide bonds. The molecule has 0 bridgehead atoms. The zero-order chi connectivity index (χ0) is 10.8. The number of hydrogen-bond donors (Lipinski definition) is 1. The van der Waals surface area contributed by atoms with Crippen LogP contribution in [0.2, 0.25) is 0 Å². The van der Waals surface area contributed by atoms with Gasteiger partial charge >= 0.3 is 0 Å². The van der Waals surface area contributed by atoms with Crippen molar-refractivity contribution in [1.29, 1.82) is 0 Å². The van der Waals surface area contributed by atoms with Gasteiger partial charge in [0.1, 0.15) is 0 Å². The summed E-state index contributed by atoms with van der Waals surface area (Å²) in [6, 6.07) is 3.67. The number of halogens is 1. The van der Waals surface area contributed by atoms with E-state index in [-0.39, 0.29) is 11.9 Å². The molecule has 5 heteroatoms. The fourth-order valence-corrected chi connectivity index (χ4v) is 3.07. The fraction of sp³-hybridized carbons (Fsp3) is 0.500. The van der Waals surface area contributed by atoms with E-state index in [0.717, 1.165) is 12.2 Å². The van der Waals surface area contributed by atoms with E-state index in [1.807, 2.05) is 11.8 Å². The summed E-state index contributed by atoms with van der Waals surface area (Å²) in [5.74, 6) is 1.24. The summed E-state index contributed by atoms with van der Waals surface area (Å²) < 4.78 is 5.77. The van der Waals surface area contributed by atoms with Crippen LogP contribution in [0.3, 0.4) is 0 Å². The van der Waals surface area contributed by atoms with E-state index >= 15 is 0 Å². The van der Waals surface area contributed by atoms with Crippen LogP contribution in [0.5, 0.6) is 0 Å². The molecule has 0 spiro atoms. The van der Waals surface area contributed by atoms with Gasteiger partial charge in [0.15, 0.2) is 10.4 Å². The van der Waals surface area contributed by atoms with Crippen LogP contribution in [0.4, 0.5) is 0 Å². The Morgan fingerprint density at radius 1 is 1.67 bits per heavy atom. The molecule has 3 nitrogen and oxygen atoms in total. The minimum atomic E-state index is -0.125. The lowest BCUT2D eigenvalue weighted by molar-refractivity contribution is 0.0911. The Kier molecular flexibility index (Phi) is 3.41. The van der Waals surface area contributed by atoms with Gasteiger partial charge in [0, 0.05) is 17.0 Å². The Hall–Kier alpha value is -0.420. The summed E-state index contributed by atoms with van der Waals surface area (Å²) in [4.78, 5) is 11.7. The minimum Gasteiger partial charge on any atom is -0.444 e. The van der Waals surface area contributed by atoms with E-state index in [4.69, 9.17) is 4.42 Å². The van der Waals surface area contributed by atoms with Crippen LogP contribution in [0.1, 0.15) is 23.9 Å². The van der Waals surface area contributed by atoms with E-state index in [0.29, 0.717) is 15.7 Å². The Morgan fingerprint density at radius 2 is 2.47 bits per heavy atom. The maximum absolute atomic E-state index is 11.7. The van der Waals surface area contributed by atoms with Gasteiger partial charge in [0.25, 0.3) is 5.91 Å². The van der Waals surface area contributed by atoms with Crippen LogP contribution in [0.15, 0.2) is 21.2 Å². The van der Waals surface area contributed by atoms with E-state index in [9.17, 15) is 4.79 Å². The third-order valence-corrected chi connectivity index (χ3v) is 4.11. The van der Waals surface area contributed by atoms with Crippen LogP contribution in [-0.4, -0.2) is 23.0 Å². The number of amides is 1. The monoisotopic (exact) mass is 289 g/mol. The predicted molar refractivity (Wildman–Crippen MR) is 64.2 cm³/mol. The van der Waals surface area contributed by atoms with Gasteiger partial charge in [0.05, 0.1) is 0 Å². The molecule has 0 aliphatic carbocycles. The van der Waals surface area contributed by atoms with Crippen molar-refractivity contribution in [1.82, 2.24) is 5.32 Å². The normalized spacial score (nSPS) is 25.5. The maximum atomic E-state index is 11.7. The number of hydrogen-bond acceptors (Lipinski definition) is 3. The molecule has 1 aromatic rings. The zero-order valence-electron chi connectivity index (χ0n) is 8.33. The standard InChI is InChI=1S/C10H12BrNO2S/c1-6-4-7(5-15-6)12-10(13)8-2-3-9(11)14-8/h2-3,6-7H,4-5H2,1H3,(H,12,13). The first kappa shape index (κ1) is 11.1. The molecule has 15 heavy (non-hydrogen) atoms. The quantitative estimate of drug-likeness (QED) is 0.910. The van der Waals surface area contributed by atoms with Gasteiger partial charge in [-0.2, -0.15) is 11.8 Å². The molecule has 2 heterocycles. The molecule has 0 saturated carbocycles. The molecule has 0 aromatic carbocycles. The van der Waals surface area contributed by atoms with Gasteiger partial charge in [0.2, 0.25) is 0 Å². The van der Waals surface area contributed by atoms with Crippen LogP contribution in [0.25, 0.3) is 0 Å². The average Bonchev–Trinajstić information content (AvgIpc) is 2.75. The second-order valence-corrected chi connectivity index (χ2v) is 5.91. The first-order chi connectivity index (χ1) is 7.15. The summed E-state index contributed by atoms with van der Waals surface area (Å²) >= 11 is 5.07. The topological polar surface area (TPSA) is 42.2 Å². The third kappa shape index (κ3) is 2.78. The second-order valence-electron chi connectivity index (χ2n) is 3.65. The average molecular weight is 290 g/mol. The predicted octanol–water partition coefficient (Wildman–Crippen LogP) is 2.67. The molecule has 1 N–H and O–H groups in total. The number of nitrogens with one attached hydrogen (secondary N) is 1. The molecule has 2 atom stereocenters. The van der Waals surface area contributed by atoms with Crippen molar-refractivity contribution >= 4 is 33.6 Å². The van der Waals surface area contributed by atoms with Gasteiger partial charge < -0.3 is 9.73 Å². The van der Waals surface area contributed by atoms with Crippen LogP contribution < -0.4 is 5.32 Å². The van der Waals surface area contributed by atoms with Crippen molar-refractivity contribution in [3.05, 3.63) is 22.6 Å². The Labute approximate surface area is 101 Å². The second kappa shape index (κ2) is 4.61. The van der Waals surface area contributed by atoms with Gasteiger partial charge in [-0.25, -0.2) is 0 Å². The van der Waals surface area contributed by atoms with Crippen molar-refractivity contribution in [2.75, 3.05) is 5.75 Å². The van der Waals surface area contributed by atoms with Gasteiger partial charge in [-0.1, -0.05) is 6.92 Å². The molecule has 2 unspecified atom stereocenters. The molecule has 1 aromatic heterocycles. The molecule has 2 rings (SSSR count). The molecular formula is C10H12BrNO2S. The summed E-state index contributed by atoms with van der Waals surface area (Å²) in [5.41, 5.74) is 0. The first-order valence-corrected chi connectivity index (χ1v) is 6.67. The highest BCUT2D eigenvalue weighted by Crippen LogP contribution is 2.26. The summed E-state index contributed by atoms with van der Waals surface area (Å²) in [5, 5.41) is 3.60. The highest BCUT2D eigenvalue weighted by molar-refractivity contribution is 9.10. The Morgan fingerprint density at radius 3 is 3.00 bits per heavy atom. The lowest BCUT2D eigenvalue weighted by Crippen LogP contribution is -2.34. The summed E-state index contributed by atoms with van der Waals surface area (Å²) in [6.07, 6.45) is 1.04. The summed E-state index contributed by atoms with van der Waals surface area (Å²) in [6.45, 7) is 2.18. The lowest BCUT2D eigenvalue weighted by atomic mass is 10.2. The van der Waals surface area contributed by atoms with E-state index in [1.165, 1.54) is 0 Å². The van der Waals surface area contributed by atoms with Crippen LogP contribution in [0, 0.1) is 0 Å². The Balaban J connectivity index is 1.92. The third-order valence-electron chi connectivity index (χ3n) is 2.33. The number of carbonyl (C=O) groups is 1. The number of furan rings is 1. The highest BCUT2D eigenvalue weighted by atomic mass is 79.9. The largest absolute Gasteiger partial charge is 0.444 e. The van der Waals surface area contributed by atoms with Crippen LogP contribution in [-0.2, 0) is 0 Å². The van der Waals surface area contributed by atoms with Crippen molar-refractivity contribution in [2.45, 2.75) is 24.6 Å². The van der Waals surface area contributed by atoms with E-state index < -0.39 is 0 Å². The van der Waals surface area contributed by atoms with Crippen molar-refractivity contribution in [2.24, 2.45) is 0 Å². The molecular weight excluding hydrogens is 278 g/mol. The fourth-order valence-electron chi connectivity index (χ4n) is 1.61. The SMILES string of the molecule is CC1CC(NC(=O)c2ccc(Br)o2)CS1. The number of rotatable bonds is 2. The van der Waals surface area contributed by atoms with Gasteiger partial charge in [-0.05, 0) is 34.5 Å². The minimum absolute atomic E-state index is 0.125. The Bertz CT molecular complexity index is 366. The molecule has 1 aliphatic heterocycles. The summed E-state index contributed by atoms with van der Waals surface area (Å²) in [7, 11) is 0. The molecule has 82 valence electrons. The molecule has 1 aliphatic rings. The number of thioether (sulfide) groups is 1. The smallest absolute Gasteiger partial charge is 0.287 e. The molecule has 1 saturated heterocycles. The van der Waals surface area contributed by atoms with Crippen molar-refractivity contribution in [3.63, 3.8) is 0 Å². The zero-order valence-corrected chi connectivity index (χ0v) is 10.7. The molecule has 0 radical (unpaired) electrons. The maximum Gasteiger partial charge on any atom is 0.287 e. The van der Waals surface area contributed by atoms with Crippen molar-refractivity contribution < 1.29 is 9.21 Å². The van der Waals surface area contributed by atoms with Crippen LogP contribution >= 0.6 is 27.7 Å². The van der Waals surface area contributed by atoms with Crippen molar-refractivity contribution in [3.8, 4) is 0 Å².